The lowest BCUT2D eigenvalue weighted by Crippen LogP contribution is -2.36. The summed E-state index contributed by atoms with van der Waals surface area (Å²) in [5.74, 6) is 1.41. The molecule has 2 aromatic carbocycles. The van der Waals surface area contributed by atoms with Crippen molar-refractivity contribution < 1.29 is 9.13 Å². The lowest BCUT2D eigenvalue weighted by molar-refractivity contribution is 0.331. The van der Waals surface area contributed by atoms with Crippen LogP contribution in [0.1, 0.15) is 29.5 Å². The third-order valence-corrected chi connectivity index (χ3v) is 5.61. The molecule has 1 aromatic heterocycles. The van der Waals surface area contributed by atoms with Crippen LogP contribution in [0.15, 0.2) is 71.9 Å². The van der Waals surface area contributed by atoms with E-state index in [4.69, 9.17) is 4.74 Å². The van der Waals surface area contributed by atoms with E-state index >= 15 is 0 Å². The molecule has 180 valence electrons. The lowest BCUT2D eigenvalue weighted by atomic mass is 10.1. The van der Waals surface area contributed by atoms with Crippen molar-refractivity contribution in [2.24, 2.45) is 4.99 Å². The number of guanidine groups is 1. The SMILES string of the molecule is CN=C(NCc1ccc(CN2CCCC2)cc1)NCc1ccnc(Oc2ccc(F)cc2)c1.I. The summed E-state index contributed by atoms with van der Waals surface area (Å²) in [5, 5.41) is 6.67. The van der Waals surface area contributed by atoms with Gasteiger partial charge in [0.1, 0.15) is 11.6 Å². The summed E-state index contributed by atoms with van der Waals surface area (Å²) in [6.45, 7) is 4.72. The van der Waals surface area contributed by atoms with Gasteiger partial charge in [0, 0.05) is 38.9 Å². The Labute approximate surface area is 217 Å². The molecule has 1 saturated heterocycles. The zero-order chi connectivity index (χ0) is 22.9. The second kappa shape index (κ2) is 13.2. The highest BCUT2D eigenvalue weighted by Gasteiger charge is 2.11. The molecule has 0 unspecified atom stereocenters. The predicted octanol–water partition coefficient (Wildman–Crippen LogP) is 5.09. The van der Waals surface area contributed by atoms with Crippen molar-refractivity contribution >= 4 is 29.9 Å². The van der Waals surface area contributed by atoms with Gasteiger partial charge in [-0.3, -0.25) is 9.89 Å². The number of aromatic nitrogens is 1. The van der Waals surface area contributed by atoms with E-state index in [2.05, 4.69) is 49.8 Å². The van der Waals surface area contributed by atoms with Gasteiger partial charge in [-0.25, -0.2) is 9.37 Å². The summed E-state index contributed by atoms with van der Waals surface area (Å²) in [7, 11) is 1.75. The van der Waals surface area contributed by atoms with Crippen LogP contribution in [-0.4, -0.2) is 36.0 Å². The van der Waals surface area contributed by atoms with Gasteiger partial charge in [0.25, 0.3) is 0 Å². The van der Waals surface area contributed by atoms with Gasteiger partial charge in [0.15, 0.2) is 5.96 Å². The summed E-state index contributed by atoms with van der Waals surface area (Å²) in [4.78, 5) is 11.0. The fourth-order valence-electron chi connectivity index (χ4n) is 3.79. The quantitative estimate of drug-likeness (QED) is 0.223. The molecule has 0 spiro atoms. The van der Waals surface area contributed by atoms with Gasteiger partial charge in [-0.2, -0.15) is 0 Å². The Hall–Kier alpha value is -2.72. The molecule has 1 fully saturated rings. The van der Waals surface area contributed by atoms with Gasteiger partial charge in [-0.15, -0.1) is 24.0 Å². The van der Waals surface area contributed by atoms with E-state index in [9.17, 15) is 4.39 Å². The highest BCUT2D eigenvalue weighted by atomic mass is 127. The maximum Gasteiger partial charge on any atom is 0.219 e. The zero-order valence-corrected chi connectivity index (χ0v) is 21.7. The van der Waals surface area contributed by atoms with E-state index < -0.39 is 0 Å². The Morgan fingerprint density at radius 1 is 0.941 bits per heavy atom. The number of likely N-dealkylation sites (tertiary alicyclic amines) is 1. The van der Waals surface area contributed by atoms with Crippen molar-refractivity contribution in [3.8, 4) is 11.6 Å². The van der Waals surface area contributed by atoms with E-state index in [1.807, 2.05) is 12.1 Å². The van der Waals surface area contributed by atoms with Crippen molar-refractivity contribution in [2.45, 2.75) is 32.5 Å². The van der Waals surface area contributed by atoms with Crippen LogP contribution in [0.2, 0.25) is 0 Å². The number of nitrogens with one attached hydrogen (secondary N) is 2. The van der Waals surface area contributed by atoms with Crippen molar-refractivity contribution in [3.05, 3.63) is 89.4 Å². The summed E-state index contributed by atoms with van der Waals surface area (Å²) >= 11 is 0. The molecule has 1 aliphatic heterocycles. The van der Waals surface area contributed by atoms with Crippen LogP contribution in [0.25, 0.3) is 0 Å². The number of hydrogen-bond donors (Lipinski definition) is 2. The van der Waals surface area contributed by atoms with Crippen LogP contribution in [0.3, 0.4) is 0 Å². The first-order valence-electron chi connectivity index (χ1n) is 11.3. The molecule has 2 heterocycles. The van der Waals surface area contributed by atoms with Crippen LogP contribution < -0.4 is 15.4 Å². The Balaban J connectivity index is 0.00000324. The molecule has 4 rings (SSSR count). The van der Waals surface area contributed by atoms with Crippen molar-refractivity contribution in [2.75, 3.05) is 20.1 Å². The molecule has 34 heavy (non-hydrogen) atoms. The smallest absolute Gasteiger partial charge is 0.219 e. The second-order valence-corrected chi connectivity index (χ2v) is 8.14. The average Bonchev–Trinajstić information content (AvgIpc) is 3.35. The van der Waals surface area contributed by atoms with E-state index in [-0.39, 0.29) is 29.8 Å². The number of nitrogens with zero attached hydrogens (tertiary/aromatic N) is 3. The van der Waals surface area contributed by atoms with Gasteiger partial charge in [-0.1, -0.05) is 24.3 Å². The third-order valence-electron chi connectivity index (χ3n) is 5.61. The van der Waals surface area contributed by atoms with Crippen molar-refractivity contribution in [3.63, 3.8) is 0 Å². The maximum absolute atomic E-state index is 13.1. The minimum absolute atomic E-state index is 0. The molecular formula is C26H31FIN5O. The molecule has 3 aromatic rings. The normalized spacial score (nSPS) is 13.9. The molecule has 0 bridgehead atoms. The zero-order valence-electron chi connectivity index (χ0n) is 19.3. The van der Waals surface area contributed by atoms with Gasteiger partial charge in [0.05, 0.1) is 0 Å². The maximum atomic E-state index is 13.1. The molecular weight excluding hydrogens is 544 g/mol. The minimum Gasteiger partial charge on any atom is -0.439 e. The molecule has 0 amide bonds. The van der Waals surface area contributed by atoms with E-state index in [0.29, 0.717) is 30.7 Å². The van der Waals surface area contributed by atoms with Crippen LogP contribution >= 0.6 is 24.0 Å². The van der Waals surface area contributed by atoms with E-state index in [0.717, 1.165) is 12.1 Å². The first-order chi connectivity index (χ1) is 16.2. The number of aliphatic imine (C=N–C) groups is 1. The predicted molar refractivity (Wildman–Crippen MR) is 144 cm³/mol. The number of halogens is 2. The number of rotatable bonds is 8. The summed E-state index contributed by atoms with van der Waals surface area (Å²) < 4.78 is 18.8. The fraction of sp³-hybridized carbons (Fsp3) is 0.308. The van der Waals surface area contributed by atoms with E-state index in [1.165, 1.54) is 49.2 Å². The molecule has 0 saturated carbocycles. The van der Waals surface area contributed by atoms with Crippen molar-refractivity contribution in [1.29, 1.82) is 0 Å². The van der Waals surface area contributed by atoms with Crippen LogP contribution in [0, 0.1) is 5.82 Å². The lowest BCUT2D eigenvalue weighted by Gasteiger charge is -2.15. The molecule has 2 N–H and O–H groups in total. The molecule has 8 heteroatoms. The van der Waals surface area contributed by atoms with Crippen LogP contribution in [-0.2, 0) is 19.6 Å². The third kappa shape index (κ3) is 7.95. The van der Waals surface area contributed by atoms with Gasteiger partial charge >= 0.3 is 0 Å². The Morgan fingerprint density at radius 3 is 2.26 bits per heavy atom. The van der Waals surface area contributed by atoms with Crippen LogP contribution in [0.5, 0.6) is 11.6 Å². The number of pyridine rings is 1. The molecule has 0 atom stereocenters. The second-order valence-electron chi connectivity index (χ2n) is 8.14. The summed E-state index contributed by atoms with van der Waals surface area (Å²) in [6, 6.07) is 18.4. The fourth-order valence-corrected chi connectivity index (χ4v) is 3.79. The highest BCUT2D eigenvalue weighted by Crippen LogP contribution is 2.20. The highest BCUT2D eigenvalue weighted by molar-refractivity contribution is 14.0. The Bertz CT molecular complexity index is 1050. The number of benzene rings is 2. The minimum atomic E-state index is -0.301. The van der Waals surface area contributed by atoms with Gasteiger partial charge < -0.3 is 15.4 Å². The molecule has 6 nitrogen and oxygen atoms in total. The Kier molecular flexibility index (Phi) is 10.1. The summed E-state index contributed by atoms with van der Waals surface area (Å²) in [5.41, 5.74) is 3.57. The first-order valence-corrected chi connectivity index (χ1v) is 11.3. The average molecular weight is 575 g/mol. The van der Waals surface area contributed by atoms with Gasteiger partial charge in [0.2, 0.25) is 5.88 Å². The summed E-state index contributed by atoms with van der Waals surface area (Å²) in [6.07, 6.45) is 4.32. The largest absolute Gasteiger partial charge is 0.439 e. The standard InChI is InChI=1S/C26H30FN5O.HI/c1-28-26(30-17-20-4-6-21(7-5-20)19-32-14-2-3-15-32)31-18-22-12-13-29-25(16-22)33-24-10-8-23(27)9-11-24;/h4-13,16H,2-3,14-15,17-19H2,1H3,(H2,28,30,31);1H. The molecule has 1 aliphatic rings. The van der Waals surface area contributed by atoms with Crippen molar-refractivity contribution in [1.82, 2.24) is 20.5 Å². The molecule has 0 radical (unpaired) electrons. The number of ether oxygens (including phenoxy) is 1. The van der Waals surface area contributed by atoms with Gasteiger partial charge in [-0.05, 0) is 73.0 Å². The molecule has 0 aliphatic carbocycles. The topological polar surface area (TPSA) is 61.8 Å². The Morgan fingerprint density at radius 2 is 1.59 bits per heavy atom. The first kappa shape index (κ1) is 25.9. The monoisotopic (exact) mass is 575 g/mol. The van der Waals surface area contributed by atoms with Crippen LogP contribution in [0.4, 0.5) is 4.39 Å². The van der Waals surface area contributed by atoms with E-state index in [1.54, 1.807) is 25.4 Å². The number of hydrogen-bond acceptors (Lipinski definition) is 4.